The number of hydrogen-bond donors (Lipinski definition) is 2. The van der Waals surface area contributed by atoms with Crippen LogP contribution < -0.4 is 0 Å². The molecule has 0 radical (unpaired) electrons. The molecule has 1 heterocycles. The zero-order valence-corrected chi connectivity index (χ0v) is 5.86. The first-order chi connectivity index (χ1) is 4.75. The summed E-state index contributed by atoms with van der Waals surface area (Å²) in [6, 6.07) is 0. The lowest BCUT2D eigenvalue weighted by atomic mass is 10.1. The third kappa shape index (κ3) is 1.46. The molecule has 0 saturated carbocycles. The van der Waals surface area contributed by atoms with Gasteiger partial charge in [-0.15, -0.1) is 0 Å². The summed E-state index contributed by atoms with van der Waals surface area (Å²) >= 11 is 0. The molecule has 0 aromatic heterocycles. The van der Waals surface area contributed by atoms with Crippen molar-refractivity contribution in [3.8, 4) is 0 Å². The summed E-state index contributed by atoms with van der Waals surface area (Å²) in [7, 11) is 1.46. The first-order valence-electron chi connectivity index (χ1n) is 3.22. The fourth-order valence-electron chi connectivity index (χ4n) is 1.07. The van der Waals surface area contributed by atoms with Gasteiger partial charge in [-0.1, -0.05) is 0 Å². The normalized spacial score (nSPS) is 36.3. The van der Waals surface area contributed by atoms with Gasteiger partial charge in [-0.25, -0.2) is 0 Å². The molecule has 4 nitrogen and oxygen atoms in total. The Balaban J connectivity index is 2.45. The summed E-state index contributed by atoms with van der Waals surface area (Å²) in [4.78, 5) is 0. The monoisotopic (exact) mass is 148 g/mol. The van der Waals surface area contributed by atoms with Gasteiger partial charge >= 0.3 is 0 Å². The molecule has 1 fully saturated rings. The molecular weight excluding hydrogens is 136 g/mol. The van der Waals surface area contributed by atoms with Crippen LogP contribution in [-0.2, 0) is 9.47 Å². The van der Waals surface area contributed by atoms with Gasteiger partial charge in [0.1, 0.15) is 18.3 Å². The highest BCUT2D eigenvalue weighted by Gasteiger charge is 2.31. The third-order valence-electron chi connectivity index (χ3n) is 1.61. The van der Waals surface area contributed by atoms with Gasteiger partial charge in [0.15, 0.2) is 0 Å². The first-order valence-corrected chi connectivity index (χ1v) is 3.22. The molecule has 0 aliphatic carbocycles. The molecule has 1 aliphatic rings. The van der Waals surface area contributed by atoms with Gasteiger partial charge in [0.05, 0.1) is 13.2 Å². The van der Waals surface area contributed by atoms with Crippen LogP contribution in [0.1, 0.15) is 0 Å². The van der Waals surface area contributed by atoms with Crippen LogP contribution in [-0.4, -0.2) is 48.8 Å². The standard InChI is InChI=1S/C6H12O4/c1-9-6-4(7)2-10-3-5(6)8/h4-8H,2-3H2,1H3/t4-,5-/m0/s1. The van der Waals surface area contributed by atoms with Crippen LogP contribution in [0.5, 0.6) is 0 Å². The molecule has 60 valence electrons. The molecule has 10 heavy (non-hydrogen) atoms. The van der Waals surface area contributed by atoms with Crippen molar-refractivity contribution in [2.75, 3.05) is 20.3 Å². The molecule has 0 aromatic carbocycles. The van der Waals surface area contributed by atoms with E-state index in [1.165, 1.54) is 7.11 Å². The van der Waals surface area contributed by atoms with Crippen molar-refractivity contribution in [2.24, 2.45) is 0 Å². The predicted molar refractivity (Wildman–Crippen MR) is 33.6 cm³/mol. The van der Waals surface area contributed by atoms with Crippen LogP contribution in [0.3, 0.4) is 0 Å². The van der Waals surface area contributed by atoms with E-state index in [-0.39, 0.29) is 13.2 Å². The Hall–Kier alpha value is -0.160. The summed E-state index contributed by atoms with van der Waals surface area (Å²) < 4.78 is 9.68. The van der Waals surface area contributed by atoms with Gasteiger partial charge in [-0.05, 0) is 0 Å². The van der Waals surface area contributed by atoms with Crippen molar-refractivity contribution >= 4 is 0 Å². The predicted octanol–water partition coefficient (Wildman–Crippen LogP) is -1.25. The van der Waals surface area contributed by atoms with E-state index >= 15 is 0 Å². The number of hydrogen-bond acceptors (Lipinski definition) is 4. The summed E-state index contributed by atoms with van der Waals surface area (Å²) in [5.74, 6) is 0. The Kier molecular flexibility index (Phi) is 2.62. The number of aliphatic hydroxyl groups is 2. The van der Waals surface area contributed by atoms with Crippen molar-refractivity contribution in [3.05, 3.63) is 0 Å². The highest BCUT2D eigenvalue weighted by Crippen LogP contribution is 2.10. The molecule has 0 aromatic rings. The molecule has 2 N–H and O–H groups in total. The third-order valence-corrected chi connectivity index (χ3v) is 1.61. The minimum Gasteiger partial charge on any atom is -0.388 e. The SMILES string of the molecule is COC1[C@@H](O)COC[C@@H]1O. The lowest BCUT2D eigenvalue weighted by molar-refractivity contribution is -0.162. The topological polar surface area (TPSA) is 58.9 Å². The fourth-order valence-corrected chi connectivity index (χ4v) is 1.07. The van der Waals surface area contributed by atoms with Crippen LogP contribution in [0.25, 0.3) is 0 Å². The van der Waals surface area contributed by atoms with Crippen molar-refractivity contribution in [2.45, 2.75) is 18.3 Å². The van der Waals surface area contributed by atoms with Gasteiger partial charge in [0.25, 0.3) is 0 Å². The molecular formula is C6H12O4. The quantitative estimate of drug-likeness (QED) is 0.488. The molecule has 0 unspecified atom stereocenters. The molecule has 1 rings (SSSR count). The second kappa shape index (κ2) is 3.30. The van der Waals surface area contributed by atoms with Crippen molar-refractivity contribution in [1.29, 1.82) is 0 Å². The van der Waals surface area contributed by atoms with E-state index in [0.717, 1.165) is 0 Å². The van der Waals surface area contributed by atoms with E-state index in [1.54, 1.807) is 0 Å². The largest absolute Gasteiger partial charge is 0.388 e. The maximum Gasteiger partial charge on any atom is 0.113 e. The first kappa shape index (κ1) is 7.94. The molecule has 1 saturated heterocycles. The fraction of sp³-hybridized carbons (Fsp3) is 1.00. The van der Waals surface area contributed by atoms with Crippen LogP contribution in [0.15, 0.2) is 0 Å². The lowest BCUT2D eigenvalue weighted by Crippen LogP contribution is -2.48. The number of ether oxygens (including phenoxy) is 2. The second-order valence-electron chi connectivity index (χ2n) is 2.37. The Labute approximate surface area is 59.4 Å². The summed E-state index contributed by atoms with van der Waals surface area (Å²) in [6.07, 6.45) is -1.89. The van der Waals surface area contributed by atoms with E-state index in [1.807, 2.05) is 0 Å². The Morgan fingerprint density at radius 2 is 1.80 bits per heavy atom. The van der Waals surface area contributed by atoms with Gasteiger partial charge < -0.3 is 19.7 Å². The van der Waals surface area contributed by atoms with Crippen LogP contribution >= 0.6 is 0 Å². The van der Waals surface area contributed by atoms with E-state index in [2.05, 4.69) is 0 Å². The summed E-state index contributed by atoms with van der Waals surface area (Å²) in [5, 5.41) is 18.3. The van der Waals surface area contributed by atoms with Crippen LogP contribution in [0, 0.1) is 0 Å². The minimum atomic E-state index is -0.700. The second-order valence-corrected chi connectivity index (χ2v) is 2.37. The van der Waals surface area contributed by atoms with Gasteiger partial charge in [-0.2, -0.15) is 0 Å². The van der Waals surface area contributed by atoms with Crippen LogP contribution in [0.4, 0.5) is 0 Å². The van der Waals surface area contributed by atoms with Crippen molar-refractivity contribution in [1.82, 2.24) is 0 Å². The average molecular weight is 148 g/mol. The highest BCUT2D eigenvalue weighted by molar-refractivity contribution is 4.80. The maximum absolute atomic E-state index is 9.13. The highest BCUT2D eigenvalue weighted by atomic mass is 16.5. The summed E-state index contributed by atoms with van der Waals surface area (Å²) in [5.41, 5.74) is 0. The van der Waals surface area contributed by atoms with E-state index in [9.17, 15) is 0 Å². The number of methoxy groups -OCH3 is 1. The molecule has 0 spiro atoms. The molecule has 2 atom stereocenters. The van der Waals surface area contributed by atoms with E-state index in [4.69, 9.17) is 19.7 Å². The minimum absolute atomic E-state index is 0.246. The van der Waals surface area contributed by atoms with Gasteiger partial charge in [-0.3, -0.25) is 0 Å². The molecule has 0 bridgehead atoms. The zero-order chi connectivity index (χ0) is 7.56. The lowest BCUT2D eigenvalue weighted by Gasteiger charge is -2.30. The molecule has 4 heteroatoms. The average Bonchev–Trinajstić information content (AvgIpc) is 1.88. The Morgan fingerprint density at radius 3 is 2.10 bits per heavy atom. The van der Waals surface area contributed by atoms with Crippen LogP contribution in [0.2, 0.25) is 0 Å². The smallest absolute Gasteiger partial charge is 0.113 e. The number of aliphatic hydroxyl groups excluding tert-OH is 2. The summed E-state index contributed by atoms with van der Waals surface area (Å²) in [6.45, 7) is 0.491. The van der Waals surface area contributed by atoms with Gasteiger partial charge in [0.2, 0.25) is 0 Å². The molecule has 0 amide bonds. The van der Waals surface area contributed by atoms with E-state index in [0.29, 0.717) is 0 Å². The number of rotatable bonds is 1. The Morgan fingerprint density at radius 1 is 1.30 bits per heavy atom. The van der Waals surface area contributed by atoms with Crippen molar-refractivity contribution in [3.63, 3.8) is 0 Å². The zero-order valence-electron chi connectivity index (χ0n) is 5.86. The van der Waals surface area contributed by atoms with E-state index < -0.39 is 18.3 Å². The maximum atomic E-state index is 9.13. The molecule has 1 aliphatic heterocycles. The van der Waals surface area contributed by atoms with Crippen molar-refractivity contribution < 1.29 is 19.7 Å². The Bertz CT molecular complexity index is 95.9. The van der Waals surface area contributed by atoms with Gasteiger partial charge in [0, 0.05) is 7.11 Å².